The van der Waals surface area contributed by atoms with E-state index >= 15 is 0 Å². The number of aryl methyl sites for hydroxylation is 1. The molecular weight excluding hydrogens is 360 g/mol. The molecule has 0 aromatic heterocycles. The minimum Gasteiger partial charge on any atom is -0.337 e. The Morgan fingerprint density at radius 1 is 1.18 bits per heavy atom. The number of amides is 2. The monoisotopic (exact) mass is 378 g/mol. The maximum Gasteiger partial charge on any atom is 0.319 e. The molecule has 0 spiro atoms. The van der Waals surface area contributed by atoms with E-state index in [-0.39, 0.29) is 6.03 Å². The number of thioether (sulfide) groups is 1. The van der Waals surface area contributed by atoms with Crippen molar-refractivity contribution in [3.8, 4) is 0 Å². The van der Waals surface area contributed by atoms with Gasteiger partial charge in [0.1, 0.15) is 0 Å². The molecule has 0 saturated heterocycles. The lowest BCUT2D eigenvalue weighted by molar-refractivity contribution is 0.252. The molecule has 0 aliphatic rings. The summed E-state index contributed by atoms with van der Waals surface area (Å²) in [7, 11) is 0. The molecule has 5 heteroatoms. The maximum absolute atomic E-state index is 11.8. The van der Waals surface area contributed by atoms with Crippen LogP contribution in [0.25, 0.3) is 0 Å². The third kappa shape index (κ3) is 5.73. The van der Waals surface area contributed by atoms with Gasteiger partial charge in [0.05, 0.1) is 5.69 Å². The van der Waals surface area contributed by atoms with E-state index in [1.807, 2.05) is 55.1 Å². The zero-order valence-electron chi connectivity index (χ0n) is 12.4. The molecule has 0 saturated carbocycles. The van der Waals surface area contributed by atoms with Crippen LogP contribution < -0.4 is 10.6 Å². The predicted octanol–water partition coefficient (Wildman–Crippen LogP) is 4.81. The van der Waals surface area contributed by atoms with E-state index in [0.717, 1.165) is 27.2 Å². The Morgan fingerprint density at radius 2 is 1.95 bits per heavy atom. The molecule has 0 atom stereocenters. The standard InChI is InChI=1S/C17H19BrN2OS/c1-13-7-8-16(15(18)11-13)20-17(21)19-9-10-22-12-14-5-3-2-4-6-14/h2-8,11H,9-10,12H2,1H3,(H2,19,20,21). The number of carbonyl (C=O) groups is 1. The van der Waals surface area contributed by atoms with Crippen LogP contribution in [0.3, 0.4) is 0 Å². The molecule has 22 heavy (non-hydrogen) atoms. The molecule has 0 heterocycles. The second-order valence-corrected chi connectivity index (χ2v) is 6.86. The van der Waals surface area contributed by atoms with E-state index in [2.05, 4.69) is 38.7 Å². The zero-order valence-corrected chi connectivity index (χ0v) is 14.8. The molecular formula is C17H19BrN2OS. The second-order valence-electron chi connectivity index (χ2n) is 4.90. The predicted molar refractivity (Wildman–Crippen MR) is 98.5 cm³/mol. The molecule has 2 rings (SSSR count). The van der Waals surface area contributed by atoms with Gasteiger partial charge < -0.3 is 10.6 Å². The van der Waals surface area contributed by atoms with Crippen LogP contribution in [0.4, 0.5) is 10.5 Å². The Hall–Kier alpha value is -1.46. The number of hydrogen-bond donors (Lipinski definition) is 2. The Labute approximate surface area is 144 Å². The van der Waals surface area contributed by atoms with Gasteiger partial charge in [-0.3, -0.25) is 0 Å². The van der Waals surface area contributed by atoms with Crippen LogP contribution >= 0.6 is 27.7 Å². The van der Waals surface area contributed by atoms with Crippen LogP contribution in [0.1, 0.15) is 11.1 Å². The van der Waals surface area contributed by atoms with Crippen molar-refractivity contribution in [2.75, 3.05) is 17.6 Å². The number of halogens is 1. The smallest absolute Gasteiger partial charge is 0.319 e. The number of benzene rings is 2. The highest BCUT2D eigenvalue weighted by Crippen LogP contribution is 2.23. The third-order valence-electron chi connectivity index (χ3n) is 3.02. The number of carbonyl (C=O) groups excluding carboxylic acids is 1. The first-order chi connectivity index (χ1) is 10.6. The molecule has 3 nitrogen and oxygen atoms in total. The van der Waals surface area contributed by atoms with E-state index in [0.29, 0.717) is 6.54 Å². The van der Waals surface area contributed by atoms with Gasteiger partial charge in [0.2, 0.25) is 0 Å². The largest absolute Gasteiger partial charge is 0.337 e. The average Bonchev–Trinajstić information content (AvgIpc) is 2.51. The summed E-state index contributed by atoms with van der Waals surface area (Å²) in [4.78, 5) is 11.8. The van der Waals surface area contributed by atoms with Gasteiger partial charge >= 0.3 is 6.03 Å². The summed E-state index contributed by atoms with van der Waals surface area (Å²) in [6, 6.07) is 16.0. The van der Waals surface area contributed by atoms with Gasteiger partial charge in [0.25, 0.3) is 0 Å². The van der Waals surface area contributed by atoms with Crippen LogP contribution in [0.5, 0.6) is 0 Å². The van der Waals surface area contributed by atoms with Crippen molar-refractivity contribution in [3.05, 3.63) is 64.1 Å². The van der Waals surface area contributed by atoms with Crippen molar-refractivity contribution in [1.29, 1.82) is 0 Å². The van der Waals surface area contributed by atoms with Crippen molar-refractivity contribution in [1.82, 2.24) is 5.32 Å². The Kier molecular flexibility index (Phi) is 6.80. The van der Waals surface area contributed by atoms with E-state index < -0.39 is 0 Å². The van der Waals surface area contributed by atoms with Gasteiger partial charge in [0, 0.05) is 22.5 Å². The molecule has 0 radical (unpaired) electrons. The van der Waals surface area contributed by atoms with Crippen LogP contribution in [-0.2, 0) is 5.75 Å². The van der Waals surface area contributed by atoms with Crippen molar-refractivity contribution in [2.45, 2.75) is 12.7 Å². The van der Waals surface area contributed by atoms with E-state index in [1.54, 1.807) is 0 Å². The van der Waals surface area contributed by atoms with Gasteiger partial charge in [0.15, 0.2) is 0 Å². The first kappa shape index (κ1) is 16.9. The summed E-state index contributed by atoms with van der Waals surface area (Å²) in [5.41, 5.74) is 3.23. The first-order valence-electron chi connectivity index (χ1n) is 7.08. The summed E-state index contributed by atoms with van der Waals surface area (Å²) in [5.74, 6) is 1.85. The maximum atomic E-state index is 11.8. The summed E-state index contributed by atoms with van der Waals surface area (Å²) in [6.45, 7) is 2.66. The van der Waals surface area contributed by atoms with Crippen LogP contribution in [0, 0.1) is 6.92 Å². The highest BCUT2D eigenvalue weighted by Gasteiger charge is 2.04. The molecule has 116 valence electrons. The number of nitrogens with one attached hydrogen (secondary N) is 2. The second kappa shape index (κ2) is 8.86. The summed E-state index contributed by atoms with van der Waals surface area (Å²) >= 11 is 5.26. The van der Waals surface area contributed by atoms with Gasteiger partial charge in [-0.2, -0.15) is 11.8 Å². The van der Waals surface area contributed by atoms with Gasteiger partial charge in [-0.15, -0.1) is 0 Å². The Bertz CT molecular complexity index is 619. The lowest BCUT2D eigenvalue weighted by Gasteiger charge is -2.09. The van der Waals surface area contributed by atoms with Crippen molar-refractivity contribution >= 4 is 39.4 Å². The highest BCUT2D eigenvalue weighted by atomic mass is 79.9. The SMILES string of the molecule is Cc1ccc(NC(=O)NCCSCc2ccccc2)c(Br)c1. The van der Waals surface area contributed by atoms with Gasteiger partial charge in [-0.1, -0.05) is 36.4 Å². The van der Waals surface area contributed by atoms with E-state index in [1.165, 1.54) is 5.56 Å². The van der Waals surface area contributed by atoms with Crippen molar-refractivity contribution in [2.24, 2.45) is 0 Å². The quantitative estimate of drug-likeness (QED) is 0.707. The number of hydrogen-bond acceptors (Lipinski definition) is 2. The Balaban J connectivity index is 1.65. The van der Waals surface area contributed by atoms with E-state index in [9.17, 15) is 4.79 Å². The fourth-order valence-electron chi connectivity index (χ4n) is 1.89. The molecule has 0 unspecified atom stereocenters. The minimum absolute atomic E-state index is 0.176. The number of rotatable bonds is 6. The van der Waals surface area contributed by atoms with Crippen LogP contribution in [0.2, 0.25) is 0 Å². The zero-order chi connectivity index (χ0) is 15.8. The first-order valence-corrected chi connectivity index (χ1v) is 9.02. The minimum atomic E-state index is -0.176. The fourth-order valence-corrected chi connectivity index (χ4v) is 3.30. The lowest BCUT2D eigenvalue weighted by Crippen LogP contribution is -2.30. The lowest BCUT2D eigenvalue weighted by atomic mass is 10.2. The average molecular weight is 379 g/mol. The Morgan fingerprint density at radius 3 is 2.68 bits per heavy atom. The molecule has 0 aliphatic heterocycles. The fraction of sp³-hybridized carbons (Fsp3) is 0.235. The van der Waals surface area contributed by atoms with Gasteiger partial charge in [-0.25, -0.2) is 4.79 Å². The van der Waals surface area contributed by atoms with Crippen molar-refractivity contribution in [3.63, 3.8) is 0 Å². The molecule has 0 aliphatic carbocycles. The number of urea groups is 1. The van der Waals surface area contributed by atoms with Crippen LogP contribution in [0.15, 0.2) is 53.0 Å². The molecule has 2 aromatic rings. The molecule has 0 bridgehead atoms. The van der Waals surface area contributed by atoms with Crippen molar-refractivity contribution < 1.29 is 4.79 Å². The van der Waals surface area contributed by atoms with Gasteiger partial charge in [-0.05, 0) is 46.1 Å². The summed E-state index contributed by atoms with van der Waals surface area (Å²) in [6.07, 6.45) is 0. The topological polar surface area (TPSA) is 41.1 Å². The van der Waals surface area contributed by atoms with Crippen LogP contribution in [-0.4, -0.2) is 18.3 Å². The normalized spacial score (nSPS) is 10.3. The molecule has 2 aromatic carbocycles. The summed E-state index contributed by atoms with van der Waals surface area (Å²) < 4.78 is 0.890. The molecule has 2 N–H and O–H groups in total. The third-order valence-corrected chi connectivity index (χ3v) is 4.70. The molecule has 0 fully saturated rings. The van der Waals surface area contributed by atoms with E-state index in [4.69, 9.17) is 0 Å². The number of anilines is 1. The highest BCUT2D eigenvalue weighted by molar-refractivity contribution is 9.10. The molecule has 2 amide bonds. The summed E-state index contributed by atoms with van der Waals surface area (Å²) in [5, 5.41) is 5.71.